The minimum atomic E-state index is -0.460. The summed E-state index contributed by atoms with van der Waals surface area (Å²) in [6.07, 6.45) is 0.140. The van der Waals surface area contributed by atoms with Crippen LogP contribution in [-0.2, 0) is 14.3 Å². The topological polar surface area (TPSA) is 68.7 Å². The van der Waals surface area contributed by atoms with Crippen LogP contribution in [0, 0.1) is 5.92 Å². The number of esters is 1. The summed E-state index contributed by atoms with van der Waals surface area (Å²) in [5, 5.41) is 0.872. The third-order valence-electron chi connectivity index (χ3n) is 4.67. The predicted molar refractivity (Wildman–Crippen MR) is 104 cm³/mol. The van der Waals surface area contributed by atoms with Gasteiger partial charge in [0.25, 0.3) is 0 Å². The minimum Gasteiger partial charge on any atom is -0.495 e. The number of carbonyl (C=O) groups is 2. The molecule has 0 N–H and O–H groups in total. The first kappa shape index (κ1) is 17.5. The highest BCUT2D eigenvalue weighted by atomic mass is 32.1. The molecule has 1 saturated heterocycles. The van der Waals surface area contributed by atoms with Gasteiger partial charge in [-0.25, -0.2) is 4.98 Å². The summed E-state index contributed by atoms with van der Waals surface area (Å²) in [7, 11) is 2.90. The van der Waals surface area contributed by atoms with E-state index in [4.69, 9.17) is 9.47 Å². The number of hydrogen-bond acceptors (Lipinski definition) is 6. The van der Waals surface area contributed by atoms with Crippen molar-refractivity contribution in [3.8, 4) is 16.3 Å². The molecule has 27 heavy (non-hydrogen) atoms. The highest BCUT2D eigenvalue weighted by Gasteiger charge is 2.37. The van der Waals surface area contributed by atoms with Crippen LogP contribution in [0.15, 0.2) is 42.5 Å². The molecule has 0 bridgehead atoms. The van der Waals surface area contributed by atoms with Gasteiger partial charge in [0.2, 0.25) is 5.91 Å². The summed E-state index contributed by atoms with van der Waals surface area (Å²) in [5.41, 5.74) is 2.49. The largest absolute Gasteiger partial charge is 0.495 e. The Bertz CT molecular complexity index is 997. The third-order valence-corrected chi connectivity index (χ3v) is 5.76. The van der Waals surface area contributed by atoms with Crippen molar-refractivity contribution in [2.45, 2.75) is 6.42 Å². The van der Waals surface area contributed by atoms with Crippen molar-refractivity contribution in [3.63, 3.8) is 0 Å². The van der Waals surface area contributed by atoms with Crippen molar-refractivity contribution in [2.24, 2.45) is 5.92 Å². The molecule has 4 rings (SSSR count). The zero-order valence-corrected chi connectivity index (χ0v) is 15.8. The lowest BCUT2D eigenvalue weighted by atomic mass is 10.1. The van der Waals surface area contributed by atoms with Crippen molar-refractivity contribution >= 4 is 39.1 Å². The molecule has 3 aromatic rings. The number of ether oxygens (including phenoxy) is 2. The first-order valence-electron chi connectivity index (χ1n) is 8.53. The van der Waals surface area contributed by atoms with Gasteiger partial charge < -0.3 is 14.4 Å². The fraction of sp³-hybridized carbons (Fsp3) is 0.250. The summed E-state index contributed by atoms with van der Waals surface area (Å²) in [5.74, 6) is -0.366. The fourth-order valence-corrected chi connectivity index (χ4v) is 4.26. The molecule has 1 amide bonds. The number of aromatic nitrogens is 1. The second kappa shape index (κ2) is 7.00. The Kier molecular flexibility index (Phi) is 4.53. The van der Waals surface area contributed by atoms with Crippen LogP contribution in [0.4, 0.5) is 5.69 Å². The predicted octanol–water partition coefficient (Wildman–Crippen LogP) is 3.50. The Morgan fingerprint density at radius 1 is 1.22 bits per heavy atom. The molecule has 6 nitrogen and oxygen atoms in total. The van der Waals surface area contributed by atoms with Gasteiger partial charge in [-0.3, -0.25) is 9.59 Å². The van der Waals surface area contributed by atoms with Gasteiger partial charge in [-0.15, -0.1) is 11.3 Å². The minimum absolute atomic E-state index is 0.120. The number of fused-ring (bicyclic) bond motifs is 1. The van der Waals surface area contributed by atoms with Crippen molar-refractivity contribution < 1.29 is 19.1 Å². The van der Waals surface area contributed by atoms with Crippen molar-refractivity contribution in [1.29, 1.82) is 0 Å². The lowest BCUT2D eigenvalue weighted by molar-refractivity contribution is -0.145. The molecule has 1 fully saturated rings. The summed E-state index contributed by atoms with van der Waals surface area (Å²) in [4.78, 5) is 30.6. The van der Waals surface area contributed by atoms with Gasteiger partial charge in [-0.05, 0) is 30.3 Å². The van der Waals surface area contributed by atoms with Gasteiger partial charge in [-0.1, -0.05) is 12.1 Å². The molecule has 1 aliphatic heterocycles. The Hall–Kier alpha value is -2.93. The van der Waals surface area contributed by atoms with Crippen LogP contribution in [-0.4, -0.2) is 37.6 Å². The highest BCUT2D eigenvalue weighted by molar-refractivity contribution is 7.21. The number of hydrogen-bond donors (Lipinski definition) is 0. The quantitative estimate of drug-likeness (QED) is 0.646. The Morgan fingerprint density at radius 2 is 2.04 bits per heavy atom. The van der Waals surface area contributed by atoms with E-state index in [1.54, 1.807) is 23.3 Å². The van der Waals surface area contributed by atoms with Crippen molar-refractivity contribution in [1.82, 2.24) is 4.98 Å². The Morgan fingerprint density at radius 3 is 2.78 bits per heavy atom. The zero-order chi connectivity index (χ0) is 19.0. The van der Waals surface area contributed by atoms with Crippen LogP contribution >= 0.6 is 11.3 Å². The number of amides is 1. The van der Waals surface area contributed by atoms with Crippen LogP contribution < -0.4 is 9.64 Å². The van der Waals surface area contributed by atoms with E-state index in [9.17, 15) is 9.59 Å². The molecule has 0 radical (unpaired) electrons. The van der Waals surface area contributed by atoms with Crippen LogP contribution in [0.2, 0.25) is 0 Å². The molecule has 0 spiro atoms. The average Bonchev–Trinajstić information content (AvgIpc) is 3.30. The zero-order valence-electron chi connectivity index (χ0n) is 15.0. The first-order valence-corrected chi connectivity index (χ1v) is 9.34. The number of nitrogens with zero attached hydrogens (tertiary/aromatic N) is 2. The van der Waals surface area contributed by atoms with E-state index in [1.165, 1.54) is 7.11 Å². The second-order valence-corrected chi connectivity index (χ2v) is 7.33. The summed E-state index contributed by atoms with van der Waals surface area (Å²) >= 11 is 1.60. The number of methoxy groups -OCH3 is 2. The third kappa shape index (κ3) is 3.14. The fourth-order valence-electron chi connectivity index (χ4n) is 3.29. The van der Waals surface area contributed by atoms with Crippen LogP contribution in [0.3, 0.4) is 0 Å². The maximum atomic E-state index is 12.5. The lowest BCUT2D eigenvalue weighted by Crippen LogP contribution is -2.26. The number of anilines is 1. The molecule has 0 unspecified atom stereocenters. The molecular formula is C20H18N2O4S. The summed E-state index contributed by atoms with van der Waals surface area (Å²) in [6.45, 7) is 0.283. The Balaban J connectivity index is 1.73. The van der Waals surface area contributed by atoms with Gasteiger partial charge in [0, 0.05) is 18.5 Å². The molecule has 1 aliphatic rings. The van der Waals surface area contributed by atoms with Gasteiger partial charge in [-0.2, -0.15) is 0 Å². The second-order valence-electron chi connectivity index (χ2n) is 6.30. The monoisotopic (exact) mass is 382 g/mol. The normalized spacial score (nSPS) is 16.7. The lowest BCUT2D eigenvalue weighted by Gasteiger charge is -2.20. The van der Waals surface area contributed by atoms with Gasteiger partial charge in [0.15, 0.2) is 0 Å². The Labute approximate surface area is 160 Å². The standard InChI is InChI=1S/C20H18N2O4S/c1-25-16-8-7-12(19-21-14-5-3-4-6-17(14)27-19)9-15(16)22-11-13(10-18(22)23)20(24)26-2/h3-9,13H,10-11H2,1-2H3/t13-/m1/s1. The maximum absolute atomic E-state index is 12.5. The van der Waals surface area contributed by atoms with Crippen LogP contribution in [0.25, 0.3) is 20.8 Å². The smallest absolute Gasteiger partial charge is 0.311 e. The van der Waals surface area contributed by atoms with Crippen LogP contribution in [0.5, 0.6) is 5.75 Å². The molecule has 1 aromatic heterocycles. The number of carbonyl (C=O) groups excluding carboxylic acids is 2. The van der Waals surface area contributed by atoms with E-state index in [0.29, 0.717) is 11.4 Å². The number of thiazole rings is 1. The highest BCUT2D eigenvalue weighted by Crippen LogP contribution is 2.38. The van der Waals surface area contributed by atoms with Gasteiger partial charge >= 0.3 is 5.97 Å². The number of rotatable bonds is 4. The van der Waals surface area contributed by atoms with Crippen molar-refractivity contribution in [3.05, 3.63) is 42.5 Å². The maximum Gasteiger partial charge on any atom is 0.311 e. The van der Waals surface area contributed by atoms with E-state index in [1.807, 2.05) is 42.5 Å². The summed E-state index contributed by atoms with van der Waals surface area (Å²) in [6, 6.07) is 13.6. The molecule has 2 aromatic carbocycles. The molecule has 7 heteroatoms. The summed E-state index contributed by atoms with van der Waals surface area (Å²) < 4.78 is 11.3. The molecule has 2 heterocycles. The first-order chi connectivity index (χ1) is 13.1. The molecule has 138 valence electrons. The number of benzene rings is 2. The van der Waals surface area contributed by atoms with E-state index in [2.05, 4.69) is 4.98 Å². The molecule has 1 atom stereocenters. The number of para-hydroxylation sites is 1. The van der Waals surface area contributed by atoms with E-state index in [-0.39, 0.29) is 24.8 Å². The van der Waals surface area contributed by atoms with Gasteiger partial charge in [0.1, 0.15) is 10.8 Å². The van der Waals surface area contributed by atoms with E-state index in [0.717, 1.165) is 20.8 Å². The van der Waals surface area contributed by atoms with Crippen LogP contribution in [0.1, 0.15) is 6.42 Å². The SMILES string of the molecule is COC(=O)[C@@H]1CC(=O)N(c2cc(-c3nc4ccccc4s3)ccc2OC)C1. The molecule has 0 saturated carbocycles. The van der Waals surface area contributed by atoms with Gasteiger partial charge in [0.05, 0.1) is 36.0 Å². The average molecular weight is 382 g/mol. The van der Waals surface area contributed by atoms with E-state index < -0.39 is 5.92 Å². The molecule has 0 aliphatic carbocycles. The van der Waals surface area contributed by atoms with Crippen molar-refractivity contribution in [2.75, 3.05) is 25.7 Å². The molecular weight excluding hydrogens is 364 g/mol. The van der Waals surface area contributed by atoms with E-state index >= 15 is 0 Å².